The van der Waals surface area contributed by atoms with Gasteiger partial charge < -0.3 is 4.98 Å². The molecule has 4 rings (SSSR count). The van der Waals surface area contributed by atoms with Crippen LogP contribution >= 0.6 is 11.3 Å². The third-order valence-electron chi connectivity index (χ3n) is 4.72. The zero-order chi connectivity index (χ0) is 18.1. The SMILES string of the molecule is FC(F)(F)c1ccc(-c2nc(CN3CCCC3c3ccc[nH]3)cs2)cc1. The van der Waals surface area contributed by atoms with Crippen molar-refractivity contribution >= 4 is 11.3 Å². The summed E-state index contributed by atoms with van der Waals surface area (Å²) >= 11 is 1.47. The fraction of sp³-hybridized carbons (Fsp3) is 0.316. The van der Waals surface area contributed by atoms with Crippen molar-refractivity contribution in [1.29, 1.82) is 0 Å². The highest BCUT2D eigenvalue weighted by molar-refractivity contribution is 7.13. The Morgan fingerprint density at radius 3 is 2.69 bits per heavy atom. The molecule has 1 aliphatic rings. The molecule has 0 saturated carbocycles. The minimum absolute atomic E-state index is 0.376. The number of aromatic nitrogens is 2. The number of halogens is 3. The first-order valence-corrected chi connectivity index (χ1v) is 9.38. The van der Waals surface area contributed by atoms with Crippen LogP contribution in [0, 0.1) is 0 Å². The quantitative estimate of drug-likeness (QED) is 0.652. The van der Waals surface area contributed by atoms with E-state index in [1.807, 2.05) is 17.6 Å². The molecule has 1 atom stereocenters. The number of nitrogens with zero attached hydrogens (tertiary/aromatic N) is 2. The Bertz CT molecular complexity index is 853. The van der Waals surface area contributed by atoms with E-state index in [9.17, 15) is 13.2 Å². The van der Waals surface area contributed by atoms with Gasteiger partial charge in [0.15, 0.2) is 0 Å². The van der Waals surface area contributed by atoms with E-state index in [1.165, 1.54) is 29.2 Å². The maximum atomic E-state index is 12.7. The Morgan fingerprint density at radius 1 is 1.19 bits per heavy atom. The largest absolute Gasteiger partial charge is 0.416 e. The number of aromatic amines is 1. The molecule has 0 spiro atoms. The molecule has 0 amide bonds. The van der Waals surface area contributed by atoms with Gasteiger partial charge in [0, 0.05) is 29.4 Å². The summed E-state index contributed by atoms with van der Waals surface area (Å²) in [6.45, 7) is 1.78. The summed E-state index contributed by atoms with van der Waals surface area (Å²) in [6.07, 6.45) is -0.0947. The van der Waals surface area contributed by atoms with Gasteiger partial charge in [-0.1, -0.05) is 12.1 Å². The third-order valence-corrected chi connectivity index (χ3v) is 5.66. The number of thiazole rings is 1. The Kier molecular flexibility index (Phi) is 4.58. The van der Waals surface area contributed by atoms with Gasteiger partial charge in [-0.25, -0.2) is 4.98 Å². The minimum Gasteiger partial charge on any atom is -0.364 e. The predicted octanol–water partition coefficient (Wildman–Crippen LogP) is 5.49. The lowest BCUT2D eigenvalue weighted by molar-refractivity contribution is -0.137. The van der Waals surface area contributed by atoms with E-state index >= 15 is 0 Å². The van der Waals surface area contributed by atoms with Gasteiger partial charge in [0.25, 0.3) is 0 Å². The zero-order valence-corrected chi connectivity index (χ0v) is 14.8. The fourth-order valence-corrected chi connectivity index (χ4v) is 4.26. The molecule has 3 nitrogen and oxygen atoms in total. The van der Waals surface area contributed by atoms with Crippen molar-refractivity contribution in [3.05, 3.63) is 64.9 Å². The summed E-state index contributed by atoms with van der Waals surface area (Å²) in [5.41, 5.74) is 2.27. The van der Waals surface area contributed by atoms with Crippen molar-refractivity contribution in [3.8, 4) is 10.6 Å². The van der Waals surface area contributed by atoms with Crippen LogP contribution in [0.2, 0.25) is 0 Å². The highest BCUT2D eigenvalue weighted by atomic mass is 32.1. The van der Waals surface area contributed by atoms with Gasteiger partial charge in [0.1, 0.15) is 5.01 Å². The van der Waals surface area contributed by atoms with Crippen LogP contribution in [0.15, 0.2) is 48.0 Å². The summed E-state index contributed by atoms with van der Waals surface area (Å²) in [7, 11) is 0. The molecule has 0 bridgehead atoms. The second kappa shape index (κ2) is 6.89. The van der Waals surface area contributed by atoms with E-state index in [0.717, 1.165) is 54.3 Å². The van der Waals surface area contributed by atoms with Gasteiger partial charge >= 0.3 is 6.18 Å². The van der Waals surface area contributed by atoms with Gasteiger partial charge in [-0.05, 0) is 43.7 Å². The fourth-order valence-electron chi connectivity index (χ4n) is 3.44. The molecule has 1 N–H and O–H groups in total. The summed E-state index contributed by atoms with van der Waals surface area (Å²) < 4.78 is 38.1. The normalized spacial score (nSPS) is 18.5. The van der Waals surface area contributed by atoms with E-state index in [1.54, 1.807) is 0 Å². The Labute approximate surface area is 153 Å². The van der Waals surface area contributed by atoms with Crippen molar-refractivity contribution in [2.75, 3.05) is 6.54 Å². The van der Waals surface area contributed by atoms with Crippen molar-refractivity contribution in [2.45, 2.75) is 31.6 Å². The van der Waals surface area contributed by atoms with E-state index in [4.69, 9.17) is 0 Å². The molecule has 2 aromatic heterocycles. The maximum Gasteiger partial charge on any atom is 0.416 e. The minimum atomic E-state index is -4.31. The molecule has 7 heteroatoms. The van der Waals surface area contributed by atoms with E-state index in [-0.39, 0.29) is 0 Å². The molecule has 3 aromatic rings. The van der Waals surface area contributed by atoms with Gasteiger partial charge in [-0.2, -0.15) is 13.2 Å². The van der Waals surface area contributed by atoms with Crippen molar-refractivity contribution < 1.29 is 13.2 Å². The molecular formula is C19H18F3N3S. The van der Waals surface area contributed by atoms with Gasteiger partial charge in [-0.3, -0.25) is 4.90 Å². The second-order valence-electron chi connectivity index (χ2n) is 6.47. The number of hydrogen-bond donors (Lipinski definition) is 1. The van der Waals surface area contributed by atoms with Gasteiger partial charge in [0.05, 0.1) is 17.3 Å². The summed E-state index contributed by atoms with van der Waals surface area (Å²) in [4.78, 5) is 10.3. The predicted molar refractivity (Wildman–Crippen MR) is 95.7 cm³/mol. The van der Waals surface area contributed by atoms with Crippen LogP contribution in [0.3, 0.4) is 0 Å². The van der Waals surface area contributed by atoms with Gasteiger partial charge in [-0.15, -0.1) is 11.3 Å². The Balaban J connectivity index is 1.48. The van der Waals surface area contributed by atoms with Crippen LogP contribution in [0.1, 0.15) is 35.8 Å². The highest BCUT2D eigenvalue weighted by Crippen LogP contribution is 2.34. The molecule has 1 saturated heterocycles. The first-order valence-electron chi connectivity index (χ1n) is 8.50. The summed E-state index contributed by atoms with van der Waals surface area (Å²) in [5, 5.41) is 2.75. The number of rotatable bonds is 4. The first-order chi connectivity index (χ1) is 12.5. The lowest BCUT2D eigenvalue weighted by Crippen LogP contribution is -2.23. The van der Waals surface area contributed by atoms with Crippen LogP contribution in [-0.4, -0.2) is 21.4 Å². The molecule has 0 aliphatic carbocycles. The number of hydrogen-bond acceptors (Lipinski definition) is 3. The van der Waals surface area contributed by atoms with Crippen LogP contribution in [-0.2, 0) is 12.7 Å². The average Bonchev–Trinajstić information content (AvgIpc) is 3.36. The molecule has 1 aliphatic heterocycles. The Morgan fingerprint density at radius 2 is 2.00 bits per heavy atom. The standard InChI is InChI=1S/C19H18F3N3S/c20-19(21,22)14-7-5-13(6-8-14)18-24-15(12-26-18)11-25-10-2-4-17(25)16-3-1-9-23-16/h1,3,5-9,12,17,23H,2,4,10-11H2. The molecule has 1 unspecified atom stereocenters. The van der Waals surface area contributed by atoms with Crippen molar-refractivity contribution in [1.82, 2.24) is 14.9 Å². The van der Waals surface area contributed by atoms with Crippen molar-refractivity contribution in [3.63, 3.8) is 0 Å². The number of alkyl halides is 3. The van der Waals surface area contributed by atoms with E-state index in [2.05, 4.69) is 20.9 Å². The highest BCUT2D eigenvalue weighted by Gasteiger charge is 2.30. The van der Waals surface area contributed by atoms with Crippen LogP contribution in [0.5, 0.6) is 0 Å². The van der Waals surface area contributed by atoms with Crippen LogP contribution < -0.4 is 0 Å². The summed E-state index contributed by atoms with van der Waals surface area (Å²) in [5.74, 6) is 0. The number of H-pyrrole nitrogens is 1. The molecular weight excluding hydrogens is 359 g/mol. The number of benzene rings is 1. The van der Waals surface area contributed by atoms with Crippen LogP contribution in [0.4, 0.5) is 13.2 Å². The molecule has 136 valence electrons. The smallest absolute Gasteiger partial charge is 0.364 e. The molecule has 0 radical (unpaired) electrons. The third kappa shape index (κ3) is 3.54. The molecule has 1 aromatic carbocycles. The maximum absolute atomic E-state index is 12.7. The average molecular weight is 377 g/mol. The topological polar surface area (TPSA) is 31.9 Å². The number of nitrogens with one attached hydrogen (secondary N) is 1. The molecule has 3 heterocycles. The Hall–Kier alpha value is -2.12. The van der Waals surface area contributed by atoms with E-state index < -0.39 is 11.7 Å². The van der Waals surface area contributed by atoms with Crippen molar-refractivity contribution in [2.24, 2.45) is 0 Å². The molecule has 26 heavy (non-hydrogen) atoms. The van der Waals surface area contributed by atoms with Crippen LogP contribution in [0.25, 0.3) is 10.6 Å². The van der Waals surface area contributed by atoms with E-state index in [0.29, 0.717) is 6.04 Å². The number of likely N-dealkylation sites (tertiary alicyclic amines) is 1. The second-order valence-corrected chi connectivity index (χ2v) is 7.33. The lowest BCUT2D eigenvalue weighted by Gasteiger charge is -2.22. The first kappa shape index (κ1) is 17.3. The zero-order valence-electron chi connectivity index (χ0n) is 14.0. The lowest BCUT2D eigenvalue weighted by atomic mass is 10.1. The molecule has 1 fully saturated rings. The summed E-state index contributed by atoms with van der Waals surface area (Å²) in [6, 6.07) is 9.69. The monoisotopic (exact) mass is 377 g/mol. The van der Waals surface area contributed by atoms with Gasteiger partial charge in [0.2, 0.25) is 0 Å².